The Bertz CT molecular complexity index is 993. The highest BCUT2D eigenvalue weighted by molar-refractivity contribution is 6.42. The summed E-state index contributed by atoms with van der Waals surface area (Å²) in [6.07, 6.45) is 6.75. The number of piperazine rings is 1. The van der Waals surface area contributed by atoms with Gasteiger partial charge in [-0.1, -0.05) is 29.3 Å². The summed E-state index contributed by atoms with van der Waals surface area (Å²) in [7, 11) is 1.94. The molecule has 0 N–H and O–H groups in total. The van der Waals surface area contributed by atoms with E-state index in [9.17, 15) is 4.79 Å². The lowest BCUT2D eigenvalue weighted by molar-refractivity contribution is -0.153. The second-order valence-electron chi connectivity index (χ2n) is 9.41. The molecular weight excluding hydrogens is 461 g/mol. The molecule has 1 amide bonds. The molecule has 3 aliphatic heterocycles. The summed E-state index contributed by atoms with van der Waals surface area (Å²) in [4.78, 5) is 20.7. The summed E-state index contributed by atoms with van der Waals surface area (Å²) < 4.78 is 7.98. The third-order valence-electron chi connectivity index (χ3n) is 7.24. The van der Waals surface area contributed by atoms with Crippen molar-refractivity contribution < 1.29 is 9.53 Å². The molecule has 1 aromatic heterocycles. The maximum Gasteiger partial charge on any atom is 0.227 e. The standard InChI is InChI=1S/C24H31Cl2N5O2/c1-28-13-18(12-27-28)14-30-8-9-31(23(32)11-17-4-5-19(25)20(26)10-17)24-21(15-33-16-22(24)30)29-6-2-3-7-29/h4-5,10,12-13,21-22,24H,2-3,6-9,11,14-16H2,1H3/t21-,22+,24+/m0/s1. The van der Waals surface area contributed by atoms with Crippen LogP contribution in [0.2, 0.25) is 10.0 Å². The Labute approximate surface area is 205 Å². The molecule has 1 aromatic carbocycles. The number of carbonyl (C=O) groups is 1. The van der Waals surface area contributed by atoms with E-state index in [1.165, 1.54) is 18.4 Å². The van der Waals surface area contributed by atoms with Gasteiger partial charge in [-0.05, 0) is 43.6 Å². The molecule has 3 fully saturated rings. The molecule has 0 aliphatic carbocycles. The number of amides is 1. The fraction of sp³-hybridized carbons (Fsp3) is 0.583. The fourth-order valence-corrected chi connectivity index (χ4v) is 5.97. The predicted molar refractivity (Wildman–Crippen MR) is 128 cm³/mol. The summed E-state index contributed by atoms with van der Waals surface area (Å²) in [6, 6.07) is 5.96. The minimum Gasteiger partial charge on any atom is -0.378 e. The second-order valence-corrected chi connectivity index (χ2v) is 10.2. The number of benzene rings is 1. The average Bonchev–Trinajstić information content (AvgIpc) is 3.48. The van der Waals surface area contributed by atoms with E-state index in [4.69, 9.17) is 27.9 Å². The normalized spacial score (nSPS) is 26.5. The third-order valence-corrected chi connectivity index (χ3v) is 7.98. The van der Waals surface area contributed by atoms with Crippen molar-refractivity contribution in [3.63, 3.8) is 0 Å². The molecule has 3 aliphatic rings. The Morgan fingerprint density at radius 3 is 2.58 bits per heavy atom. The highest BCUT2D eigenvalue weighted by Gasteiger charge is 2.47. The van der Waals surface area contributed by atoms with Crippen LogP contribution in [0.4, 0.5) is 0 Å². The number of likely N-dealkylation sites (tertiary alicyclic amines) is 1. The van der Waals surface area contributed by atoms with Gasteiger partial charge in [0.15, 0.2) is 0 Å². The van der Waals surface area contributed by atoms with E-state index in [-0.39, 0.29) is 24.0 Å². The number of rotatable bonds is 5. The molecule has 178 valence electrons. The number of hydrogen-bond acceptors (Lipinski definition) is 5. The highest BCUT2D eigenvalue weighted by atomic mass is 35.5. The Hall–Kier alpha value is -1.64. The summed E-state index contributed by atoms with van der Waals surface area (Å²) in [5.74, 6) is 0.149. The fourth-order valence-electron chi connectivity index (χ4n) is 5.65. The van der Waals surface area contributed by atoms with E-state index < -0.39 is 0 Å². The predicted octanol–water partition coefficient (Wildman–Crippen LogP) is 2.85. The number of fused-ring (bicyclic) bond motifs is 1. The van der Waals surface area contributed by atoms with Crippen molar-refractivity contribution in [1.29, 1.82) is 0 Å². The second kappa shape index (κ2) is 9.92. The van der Waals surface area contributed by atoms with Crippen molar-refractivity contribution in [1.82, 2.24) is 24.5 Å². The topological polar surface area (TPSA) is 53.8 Å². The SMILES string of the molecule is Cn1cc(CN2CCN(C(=O)Cc3ccc(Cl)c(Cl)c3)[C@H]3[C@H]2COC[C@@H]3N2CCCC2)cn1. The zero-order chi connectivity index (χ0) is 22.9. The summed E-state index contributed by atoms with van der Waals surface area (Å²) >= 11 is 12.3. The zero-order valence-corrected chi connectivity index (χ0v) is 20.5. The van der Waals surface area contributed by atoms with Gasteiger partial charge in [0.1, 0.15) is 0 Å². The number of halogens is 2. The first-order valence-corrected chi connectivity index (χ1v) is 12.5. The maximum atomic E-state index is 13.6. The number of aromatic nitrogens is 2. The quantitative estimate of drug-likeness (QED) is 0.643. The van der Waals surface area contributed by atoms with Gasteiger partial charge in [0.2, 0.25) is 5.91 Å². The maximum absolute atomic E-state index is 13.6. The van der Waals surface area contributed by atoms with Crippen molar-refractivity contribution in [2.75, 3.05) is 39.4 Å². The third kappa shape index (κ3) is 4.93. The lowest BCUT2D eigenvalue weighted by atomic mass is 9.90. The molecular formula is C24H31Cl2N5O2. The largest absolute Gasteiger partial charge is 0.378 e. The van der Waals surface area contributed by atoms with Crippen LogP contribution in [0.3, 0.4) is 0 Å². The molecule has 5 rings (SSSR count). The average molecular weight is 492 g/mol. The van der Waals surface area contributed by atoms with Crippen LogP contribution in [0.25, 0.3) is 0 Å². The van der Waals surface area contributed by atoms with E-state index in [1.807, 2.05) is 24.0 Å². The van der Waals surface area contributed by atoms with Crippen LogP contribution >= 0.6 is 23.2 Å². The molecule has 2 aromatic rings. The molecule has 0 saturated carbocycles. The van der Waals surface area contributed by atoms with Gasteiger partial charge in [0.25, 0.3) is 0 Å². The number of aryl methyl sites for hydroxylation is 1. The first-order valence-electron chi connectivity index (χ1n) is 11.8. The van der Waals surface area contributed by atoms with Gasteiger partial charge in [-0.25, -0.2) is 0 Å². The van der Waals surface area contributed by atoms with Crippen LogP contribution in [0.15, 0.2) is 30.6 Å². The molecule has 4 heterocycles. The van der Waals surface area contributed by atoms with E-state index in [2.05, 4.69) is 26.0 Å². The summed E-state index contributed by atoms with van der Waals surface area (Å²) in [6.45, 7) is 5.83. The molecule has 0 radical (unpaired) electrons. The number of ether oxygens (including phenoxy) is 1. The van der Waals surface area contributed by atoms with Crippen LogP contribution in [-0.4, -0.2) is 87.9 Å². The van der Waals surface area contributed by atoms with Crippen LogP contribution < -0.4 is 0 Å². The van der Waals surface area contributed by atoms with Crippen LogP contribution in [0.1, 0.15) is 24.0 Å². The number of carbonyl (C=O) groups excluding carboxylic acids is 1. The van der Waals surface area contributed by atoms with Gasteiger partial charge in [0, 0.05) is 38.4 Å². The highest BCUT2D eigenvalue weighted by Crippen LogP contribution is 2.31. The Morgan fingerprint density at radius 1 is 1.06 bits per heavy atom. The lowest BCUT2D eigenvalue weighted by Gasteiger charge is -2.54. The lowest BCUT2D eigenvalue weighted by Crippen LogP contribution is -2.71. The van der Waals surface area contributed by atoms with Gasteiger partial charge >= 0.3 is 0 Å². The van der Waals surface area contributed by atoms with Gasteiger partial charge < -0.3 is 9.64 Å². The van der Waals surface area contributed by atoms with Gasteiger partial charge in [-0.15, -0.1) is 0 Å². The van der Waals surface area contributed by atoms with Gasteiger partial charge in [-0.2, -0.15) is 5.10 Å². The van der Waals surface area contributed by atoms with Gasteiger partial charge in [0.05, 0.1) is 54.0 Å². The van der Waals surface area contributed by atoms with Crippen molar-refractivity contribution in [3.8, 4) is 0 Å². The van der Waals surface area contributed by atoms with Crippen LogP contribution in [-0.2, 0) is 29.5 Å². The zero-order valence-electron chi connectivity index (χ0n) is 19.0. The summed E-state index contributed by atoms with van der Waals surface area (Å²) in [5.41, 5.74) is 2.09. The van der Waals surface area contributed by atoms with Crippen LogP contribution in [0, 0.1) is 0 Å². The van der Waals surface area contributed by atoms with Crippen molar-refractivity contribution in [2.24, 2.45) is 7.05 Å². The van der Waals surface area contributed by atoms with E-state index in [1.54, 1.807) is 12.1 Å². The molecule has 3 atom stereocenters. The van der Waals surface area contributed by atoms with E-state index >= 15 is 0 Å². The smallest absolute Gasteiger partial charge is 0.227 e. The number of hydrogen-bond donors (Lipinski definition) is 0. The molecule has 7 nitrogen and oxygen atoms in total. The van der Waals surface area contributed by atoms with Gasteiger partial charge in [-0.3, -0.25) is 19.3 Å². The number of nitrogens with zero attached hydrogens (tertiary/aromatic N) is 5. The van der Waals surface area contributed by atoms with Crippen molar-refractivity contribution in [3.05, 3.63) is 51.8 Å². The molecule has 0 bridgehead atoms. The first kappa shape index (κ1) is 23.1. The minimum atomic E-state index is 0.109. The molecule has 9 heteroatoms. The van der Waals surface area contributed by atoms with E-state index in [0.29, 0.717) is 36.2 Å². The van der Waals surface area contributed by atoms with Crippen molar-refractivity contribution in [2.45, 2.75) is 43.9 Å². The Kier molecular flexibility index (Phi) is 6.95. The molecule has 33 heavy (non-hydrogen) atoms. The van der Waals surface area contributed by atoms with Crippen molar-refractivity contribution >= 4 is 29.1 Å². The molecule has 0 spiro atoms. The molecule has 0 unspecified atom stereocenters. The Balaban J connectivity index is 1.39. The molecule has 3 saturated heterocycles. The van der Waals surface area contributed by atoms with E-state index in [0.717, 1.165) is 31.7 Å². The van der Waals surface area contributed by atoms with Crippen LogP contribution in [0.5, 0.6) is 0 Å². The Morgan fingerprint density at radius 2 is 1.85 bits per heavy atom. The first-order chi connectivity index (χ1) is 16.0. The monoisotopic (exact) mass is 491 g/mol. The summed E-state index contributed by atoms with van der Waals surface area (Å²) in [5, 5.41) is 5.33. The minimum absolute atomic E-state index is 0.109.